The van der Waals surface area contributed by atoms with E-state index < -0.39 is 5.92 Å². The lowest BCUT2D eigenvalue weighted by Crippen LogP contribution is -2.23. The van der Waals surface area contributed by atoms with Crippen molar-refractivity contribution in [3.8, 4) is 0 Å². The fraction of sp³-hybridized carbons (Fsp3) is 0.375. The van der Waals surface area contributed by atoms with Crippen molar-refractivity contribution in [2.75, 3.05) is 0 Å². The second-order valence-electron chi connectivity index (χ2n) is 2.95. The van der Waals surface area contributed by atoms with Crippen LogP contribution in [0.1, 0.15) is 17.7 Å². The molecule has 2 rings (SSSR count). The number of halogens is 2. The highest BCUT2D eigenvalue weighted by Crippen LogP contribution is 2.39. The maximum absolute atomic E-state index is 13.0. The van der Waals surface area contributed by atoms with Gasteiger partial charge in [0.2, 0.25) is 0 Å². The second kappa shape index (κ2) is 2.15. The first-order valence-corrected chi connectivity index (χ1v) is 3.71. The zero-order valence-electron chi connectivity index (χ0n) is 6.40. The number of aromatic nitrogens is 2. The molecule has 0 spiro atoms. The van der Waals surface area contributed by atoms with Crippen LogP contribution in [0.4, 0.5) is 8.78 Å². The molecule has 0 fully saturated rings. The highest BCUT2D eigenvalue weighted by atomic mass is 19.3. The summed E-state index contributed by atoms with van der Waals surface area (Å²) in [6, 6.07) is 0. The Morgan fingerprint density at radius 1 is 1.58 bits per heavy atom. The lowest BCUT2D eigenvalue weighted by atomic mass is 9.91. The van der Waals surface area contributed by atoms with E-state index in [4.69, 9.17) is 0 Å². The Bertz CT molecular complexity index is 328. The molecule has 1 aliphatic rings. The topological polar surface area (TPSA) is 28.7 Å². The summed E-state index contributed by atoms with van der Waals surface area (Å²) < 4.78 is 26.0. The Labute approximate surface area is 68.3 Å². The summed E-state index contributed by atoms with van der Waals surface area (Å²) in [6.07, 6.45) is 1.80. The van der Waals surface area contributed by atoms with Crippen molar-refractivity contribution in [3.05, 3.63) is 24.0 Å². The molecule has 0 saturated heterocycles. The van der Waals surface area contributed by atoms with E-state index in [0.717, 1.165) is 5.56 Å². The summed E-state index contributed by atoms with van der Waals surface area (Å²) in [7, 11) is 0. The second-order valence-corrected chi connectivity index (χ2v) is 2.95. The first-order valence-electron chi connectivity index (χ1n) is 3.71. The van der Waals surface area contributed by atoms with E-state index in [2.05, 4.69) is 16.8 Å². The number of rotatable bonds is 0. The first-order chi connectivity index (χ1) is 5.61. The Morgan fingerprint density at radius 2 is 2.33 bits per heavy atom. The van der Waals surface area contributed by atoms with Crippen LogP contribution in [0.25, 0.3) is 5.57 Å². The van der Waals surface area contributed by atoms with E-state index in [1.165, 1.54) is 0 Å². The lowest BCUT2D eigenvalue weighted by molar-refractivity contribution is 0.0541. The number of aromatic amines is 1. The molecule has 1 N–H and O–H groups in total. The van der Waals surface area contributed by atoms with Crippen LogP contribution in [-0.4, -0.2) is 16.1 Å². The van der Waals surface area contributed by atoms with Gasteiger partial charge in [0.05, 0.1) is 11.9 Å². The molecule has 4 heteroatoms. The number of nitrogens with one attached hydrogen (secondary N) is 1. The van der Waals surface area contributed by atoms with Gasteiger partial charge in [-0.2, -0.15) is 5.10 Å². The quantitative estimate of drug-likeness (QED) is 0.633. The average molecular weight is 170 g/mol. The van der Waals surface area contributed by atoms with Crippen molar-refractivity contribution in [1.29, 1.82) is 0 Å². The van der Waals surface area contributed by atoms with Gasteiger partial charge in [0.1, 0.15) is 0 Å². The van der Waals surface area contributed by atoms with Gasteiger partial charge in [0, 0.05) is 12.0 Å². The number of hydrogen-bond donors (Lipinski definition) is 1. The molecule has 64 valence electrons. The molecule has 0 aliphatic heterocycles. The van der Waals surface area contributed by atoms with Gasteiger partial charge in [-0.25, -0.2) is 8.78 Å². The van der Waals surface area contributed by atoms with E-state index in [-0.39, 0.29) is 12.0 Å². The Balaban J connectivity index is 2.49. The summed E-state index contributed by atoms with van der Waals surface area (Å²) in [5, 5.41) is 6.23. The minimum Gasteiger partial charge on any atom is -0.278 e. The highest BCUT2D eigenvalue weighted by molar-refractivity contribution is 5.69. The van der Waals surface area contributed by atoms with Gasteiger partial charge in [-0.15, -0.1) is 0 Å². The number of aryl methyl sites for hydroxylation is 1. The predicted molar refractivity (Wildman–Crippen MR) is 40.9 cm³/mol. The van der Waals surface area contributed by atoms with E-state index in [1.54, 1.807) is 6.20 Å². The summed E-state index contributed by atoms with van der Waals surface area (Å²) in [6.45, 7) is 3.36. The van der Waals surface area contributed by atoms with Gasteiger partial charge in [0.25, 0.3) is 5.92 Å². The SMILES string of the molecule is C=C1c2[nH]ncc2CCC1(F)F. The molecule has 0 atom stereocenters. The van der Waals surface area contributed by atoms with Crippen molar-refractivity contribution >= 4 is 5.57 Å². The first kappa shape index (κ1) is 7.46. The van der Waals surface area contributed by atoms with E-state index in [1.807, 2.05) is 0 Å². The van der Waals surface area contributed by atoms with Crippen LogP contribution in [-0.2, 0) is 6.42 Å². The van der Waals surface area contributed by atoms with E-state index in [0.29, 0.717) is 12.1 Å². The number of alkyl halides is 2. The molecular weight excluding hydrogens is 162 g/mol. The molecule has 0 amide bonds. The maximum Gasteiger partial charge on any atom is 0.275 e. The summed E-state index contributed by atoms with van der Waals surface area (Å²) >= 11 is 0. The molecule has 1 heterocycles. The number of nitrogens with zero attached hydrogens (tertiary/aromatic N) is 1. The Kier molecular flexibility index (Phi) is 1.34. The zero-order chi connectivity index (χ0) is 8.77. The van der Waals surface area contributed by atoms with Crippen LogP contribution in [0.15, 0.2) is 12.8 Å². The molecule has 0 bridgehead atoms. The van der Waals surface area contributed by atoms with Crippen LogP contribution in [0.3, 0.4) is 0 Å². The molecule has 1 aromatic rings. The number of hydrogen-bond acceptors (Lipinski definition) is 1. The summed E-state index contributed by atoms with van der Waals surface area (Å²) in [5.74, 6) is -2.76. The molecule has 0 unspecified atom stereocenters. The molecule has 0 radical (unpaired) electrons. The lowest BCUT2D eigenvalue weighted by Gasteiger charge is -2.23. The number of allylic oxidation sites excluding steroid dienone is 1. The van der Waals surface area contributed by atoms with Crippen molar-refractivity contribution in [2.45, 2.75) is 18.8 Å². The summed E-state index contributed by atoms with van der Waals surface area (Å²) in [4.78, 5) is 0. The predicted octanol–water partition coefficient (Wildman–Crippen LogP) is 2.00. The maximum atomic E-state index is 13.0. The van der Waals surface area contributed by atoms with Crippen LogP contribution in [0.5, 0.6) is 0 Å². The van der Waals surface area contributed by atoms with Gasteiger partial charge in [-0.1, -0.05) is 6.58 Å². The van der Waals surface area contributed by atoms with Crippen LogP contribution in [0, 0.1) is 0 Å². The van der Waals surface area contributed by atoms with Gasteiger partial charge in [0.15, 0.2) is 0 Å². The standard InChI is InChI=1S/C8H8F2N2/c1-5-7-6(4-11-12-7)2-3-8(5,9)10/h4H,1-3H2,(H,11,12). The van der Waals surface area contributed by atoms with Crippen molar-refractivity contribution < 1.29 is 8.78 Å². The fourth-order valence-corrected chi connectivity index (χ4v) is 1.39. The fourth-order valence-electron chi connectivity index (χ4n) is 1.39. The van der Waals surface area contributed by atoms with Crippen molar-refractivity contribution in [1.82, 2.24) is 10.2 Å². The van der Waals surface area contributed by atoms with Gasteiger partial charge < -0.3 is 0 Å². The third kappa shape index (κ3) is 0.873. The Hall–Kier alpha value is -1.19. The van der Waals surface area contributed by atoms with E-state index in [9.17, 15) is 8.78 Å². The number of H-pyrrole nitrogens is 1. The Morgan fingerprint density at radius 3 is 3.08 bits per heavy atom. The average Bonchev–Trinajstić information content (AvgIpc) is 2.45. The molecule has 0 aromatic carbocycles. The third-order valence-corrected chi connectivity index (χ3v) is 2.17. The minimum absolute atomic E-state index is 0.138. The smallest absolute Gasteiger partial charge is 0.275 e. The van der Waals surface area contributed by atoms with Gasteiger partial charge in [-0.3, -0.25) is 5.10 Å². The van der Waals surface area contributed by atoms with Crippen LogP contribution >= 0.6 is 0 Å². The minimum atomic E-state index is -2.76. The van der Waals surface area contributed by atoms with Gasteiger partial charge in [-0.05, 0) is 12.0 Å². The van der Waals surface area contributed by atoms with Gasteiger partial charge >= 0.3 is 0 Å². The monoisotopic (exact) mass is 170 g/mol. The molecule has 0 saturated carbocycles. The highest BCUT2D eigenvalue weighted by Gasteiger charge is 2.38. The normalized spacial score (nSPS) is 20.7. The van der Waals surface area contributed by atoms with E-state index >= 15 is 0 Å². The van der Waals surface area contributed by atoms with Crippen molar-refractivity contribution in [2.24, 2.45) is 0 Å². The van der Waals surface area contributed by atoms with Crippen molar-refractivity contribution in [3.63, 3.8) is 0 Å². The molecule has 2 nitrogen and oxygen atoms in total. The zero-order valence-corrected chi connectivity index (χ0v) is 6.40. The number of fused-ring (bicyclic) bond motifs is 1. The third-order valence-electron chi connectivity index (χ3n) is 2.17. The molecular formula is C8H8F2N2. The molecule has 12 heavy (non-hydrogen) atoms. The summed E-state index contributed by atoms with van der Waals surface area (Å²) in [5.41, 5.74) is 1.11. The van der Waals surface area contributed by atoms with Crippen LogP contribution in [0.2, 0.25) is 0 Å². The van der Waals surface area contributed by atoms with Crippen LogP contribution < -0.4 is 0 Å². The molecule has 1 aliphatic carbocycles. The largest absolute Gasteiger partial charge is 0.278 e. The molecule has 1 aromatic heterocycles.